The van der Waals surface area contributed by atoms with E-state index in [-0.39, 0.29) is 15.1 Å². The topological polar surface area (TPSA) is 72.2 Å². The summed E-state index contributed by atoms with van der Waals surface area (Å²) in [5.74, 6) is -0.540. The standard InChI is InChI=1S/C14H14BrFN2O2S/c1-8-3-10(17)6-11(4-8)21(19,20)18-14-7-13(16)12(15)5-9(14)2/h3-7,18H,17H2,1-2H3. The molecule has 0 heterocycles. The number of aryl methyl sites for hydroxylation is 2. The van der Waals surface area contributed by atoms with Gasteiger partial charge < -0.3 is 5.73 Å². The van der Waals surface area contributed by atoms with Crippen molar-refractivity contribution in [2.24, 2.45) is 0 Å². The van der Waals surface area contributed by atoms with Crippen LogP contribution in [0.5, 0.6) is 0 Å². The van der Waals surface area contributed by atoms with Crippen LogP contribution in [0.15, 0.2) is 39.7 Å². The molecule has 3 N–H and O–H groups in total. The van der Waals surface area contributed by atoms with Crippen LogP contribution < -0.4 is 10.5 Å². The average molecular weight is 373 g/mol. The van der Waals surface area contributed by atoms with Crippen LogP contribution in [-0.4, -0.2) is 8.42 Å². The third-order valence-electron chi connectivity index (χ3n) is 2.90. The van der Waals surface area contributed by atoms with Crippen molar-refractivity contribution in [2.45, 2.75) is 18.7 Å². The molecule has 0 radical (unpaired) electrons. The molecule has 2 aromatic carbocycles. The molecule has 0 atom stereocenters. The van der Waals surface area contributed by atoms with Crippen LogP contribution >= 0.6 is 15.9 Å². The second-order valence-corrected chi connectivity index (χ2v) is 7.30. The summed E-state index contributed by atoms with van der Waals surface area (Å²) < 4.78 is 40.9. The van der Waals surface area contributed by atoms with Crippen LogP contribution in [-0.2, 0) is 10.0 Å². The van der Waals surface area contributed by atoms with E-state index in [4.69, 9.17) is 5.73 Å². The van der Waals surface area contributed by atoms with Gasteiger partial charge in [0.25, 0.3) is 10.0 Å². The Hall–Kier alpha value is -1.60. The maximum atomic E-state index is 13.6. The molecule has 2 rings (SSSR count). The first kappa shape index (κ1) is 15.8. The first-order chi connectivity index (χ1) is 9.69. The van der Waals surface area contributed by atoms with Gasteiger partial charge in [-0.2, -0.15) is 0 Å². The number of nitrogens with one attached hydrogen (secondary N) is 1. The van der Waals surface area contributed by atoms with Crippen LogP contribution in [0.2, 0.25) is 0 Å². The Morgan fingerprint density at radius 1 is 1.14 bits per heavy atom. The van der Waals surface area contributed by atoms with Gasteiger partial charge in [-0.1, -0.05) is 0 Å². The molecular formula is C14H14BrFN2O2S. The molecular weight excluding hydrogens is 359 g/mol. The summed E-state index contributed by atoms with van der Waals surface area (Å²) in [5, 5.41) is 0. The average Bonchev–Trinajstić information content (AvgIpc) is 2.34. The minimum absolute atomic E-state index is 0.0442. The monoisotopic (exact) mass is 372 g/mol. The van der Waals surface area contributed by atoms with Crippen LogP contribution in [0.1, 0.15) is 11.1 Å². The fraction of sp³-hybridized carbons (Fsp3) is 0.143. The quantitative estimate of drug-likeness (QED) is 0.808. The number of hydrogen-bond donors (Lipinski definition) is 2. The van der Waals surface area contributed by atoms with Gasteiger partial charge in [0, 0.05) is 5.69 Å². The Bertz CT molecular complexity index is 787. The van der Waals surface area contributed by atoms with Crippen LogP contribution in [0.4, 0.5) is 15.8 Å². The van der Waals surface area contributed by atoms with Crippen LogP contribution in [0, 0.1) is 19.7 Å². The summed E-state index contributed by atoms with van der Waals surface area (Å²) in [4.78, 5) is 0.0442. The summed E-state index contributed by atoms with van der Waals surface area (Å²) in [7, 11) is -3.82. The van der Waals surface area contributed by atoms with Gasteiger partial charge in [-0.05, 0) is 71.2 Å². The molecule has 0 aliphatic rings. The molecule has 0 fully saturated rings. The number of sulfonamides is 1. The minimum Gasteiger partial charge on any atom is -0.399 e. The number of rotatable bonds is 3. The molecule has 0 aliphatic heterocycles. The summed E-state index contributed by atoms with van der Waals surface area (Å²) >= 11 is 3.06. The number of benzene rings is 2. The van der Waals surface area contributed by atoms with E-state index in [1.807, 2.05) is 0 Å². The zero-order chi connectivity index (χ0) is 15.8. The van der Waals surface area contributed by atoms with Crippen molar-refractivity contribution in [3.05, 3.63) is 51.7 Å². The van der Waals surface area contributed by atoms with Gasteiger partial charge in [-0.25, -0.2) is 12.8 Å². The SMILES string of the molecule is Cc1cc(N)cc(S(=O)(=O)Nc2cc(F)c(Br)cc2C)c1. The lowest BCUT2D eigenvalue weighted by Crippen LogP contribution is -2.14. The molecule has 4 nitrogen and oxygen atoms in total. The van der Waals surface area contributed by atoms with Crippen LogP contribution in [0.3, 0.4) is 0 Å². The molecule has 21 heavy (non-hydrogen) atoms. The fourth-order valence-electron chi connectivity index (χ4n) is 1.89. The van der Waals surface area contributed by atoms with E-state index in [1.165, 1.54) is 18.2 Å². The Kier molecular flexibility index (Phi) is 4.25. The fourth-order valence-corrected chi connectivity index (χ4v) is 3.61. The Morgan fingerprint density at radius 2 is 1.81 bits per heavy atom. The summed E-state index contributed by atoms with van der Waals surface area (Å²) in [6.45, 7) is 3.44. The molecule has 0 aromatic heterocycles. The first-order valence-electron chi connectivity index (χ1n) is 6.04. The van der Waals surface area contributed by atoms with Crippen LogP contribution in [0.25, 0.3) is 0 Å². The van der Waals surface area contributed by atoms with E-state index in [2.05, 4.69) is 20.7 Å². The third-order valence-corrected chi connectivity index (χ3v) is 4.85. The molecule has 112 valence electrons. The summed E-state index contributed by atoms with van der Waals surface area (Å²) in [6.07, 6.45) is 0. The Balaban J connectivity index is 2.44. The second-order valence-electron chi connectivity index (χ2n) is 4.77. The summed E-state index contributed by atoms with van der Waals surface area (Å²) in [6, 6.07) is 7.18. The zero-order valence-corrected chi connectivity index (χ0v) is 13.8. The molecule has 0 amide bonds. The van der Waals surface area contributed by atoms with E-state index >= 15 is 0 Å². The molecule has 2 aromatic rings. The van der Waals surface area contributed by atoms with Gasteiger partial charge in [0.05, 0.1) is 15.1 Å². The van der Waals surface area contributed by atoms with Crippen molar-refractivity contribution in [3.63, 3.8) is 0 Å². The van der Waals surface area contributed by atoms with Gasteiger partial charge in [0.15, 0.2) is 0 Å². The predicted molar refractivity (Wildman–Crippen MR) is 85.2 cm³/mol. The smallest absolute Gasteiger partial charge is 0.261 e. The largest absolute Gasteiger partial charge is 0.399 e. The van der Waals surface area contributed by atoms with Gasteiger partial charge in [0.1, 0.15) is 5.82 Å². The van der Waals surface area contributed by atoms with E-state index < -0.39 is 15.8 Å². The number of nitrogens with two attached hydrogens (primary N) is 1. The first-order valence-corrected chi connectivity index (χ1v) is 8.32. The van der Waals surface area contributed by atoms with Crippen molar-refractivity contribution < 1.29 is 12.8 Å². The van der Waals surface area contributed by atoms with Crippen molar-refractivity contribution in [2.75, 3.05) is 10.5 Å². The van der Waals surface area contributed by atoms with E-state index in [0.717, 1.165) is 11.6 Å². The second kappa shape index (κ2) is 5.65. The third kappa shape index (κ3) is 3.54. The number of hydrogen-bond acceptors (Lipinski definition) is 3. The predicted octanol–water partition coefficient (Wildman–Crippen LogP) is 3.59. The molecule has 0 saturated carbocycles. The molecule has 7 heteroatoms. The zero-order valence-electron chi connectivity index (χ0n) is 11.4. The maximum Gasteiger partial charge on any atom is 0.261 e. The highest BCUT2D eigenvalue weighted by atomic mass is 79.9. The lowest BCUT2D eigenvalue weighted by atomic mass is 10.2. The highest BCUT2D eigenvalue weighted by Crippen LogP contribution is 2.26. The van der Waals surface area contributed by atoms with Crippen molar-refractivity contribution in [3.8, 4) is 0 Å². The number of anilines is 2. The van der Waals surface area contributed by atoms with Crippen molar-refractivity contribution >= 4 is 37.3 Å². The highest BCUT2D eigenvalue weighted by Gasteiger charge is 2.17. The lowest BCUT2D eigenvalue weighted by Gasteiger charge is -2.12. The molecule has 0 bridgehead atoms. The number of nitrogen functional groups attached to an aromatic ring is 1. The van der Waals surface area contributed by atoms with Crippen molar-refractivity contribution in [1.82, 2.24) is 0 Å². The molecule has 0 unspecified atom stereocenters. The van der Waals surface area contributed by atoms with E-state index in [1.54, 1.807) is 19.9 Å². The van der Waals surface area contributed by atoms with Gasteiger partial charge in [-0.3, -0.25) is 4.72 Å². The van der Waals surface area contributed by atoms with E-state index in [0.29, 0.717) is 11.3 Å². The number of halogens is 2. The molecule has 0 saturated heterocycles. The minimum atomic E-state index is -3.82. The Labute approximate surface area is 131 Å². The summed E-state index contributed by atoms with van der Waals surface area (Å²) in [5.41, 5.74) is 7.55. The maximum absolute atomic E-state index is 13.6. The van der Waals surface area contributed by atoms with Gasteiger partial charge >= 0.3 is 0 Å². The molecule has 0 spiro atoms. The highest BCUT2D eigenvalue weighted by molar-refractivity contribution is 9.10. The van der Waals surface area contributed by atoms with E-state index in [9.17, 15) is 12.8 Å². The van der Waals surface area contributed by atoms with Gasteiger partial charge in [-0.15, -0.1) is 0 Å². The molecule has 0 aliphatic carbocycles. The van der Waals surface area contributed by atoms with Gasteiger partial charge in [0.2, 0.25) is 0 Å². The van der Waals surface area contributed by atoms with Crippen molar-refractivity contribution in [1.29, 1.82) is 0 Å². The lowest BCUT2D eigenvalue weighted by molar-refractivity contribution is 0.601. The normalized spacial score (nSPS) is 11.4. The Morgan fingerprint density at radius 3 is 2.43 bits per heavy atom.